The van der Waals surface area contributed by atoms with E-state index >= 15 is 0 Å². The van der Waals surface area contributed by atoms with Crippen LogP contribution in [0.5, 0.6) is 0 Å². The first-order valence-electron chi connectivity index (χ1n) is 7.46. The van der Waals surface area contributed by atoms with Crippen molar-refractivity contribution in [2.45, 2.75) is 26.8 Å². The molecular weight excluding hydrogens is 277 g/mol. The Morgan fingerprint density at radius 1 is 1.14 bits per heavy atom. The number of hydrogen-bond acceptors (Lipinski definition) is 1. The molecule has 0 aliphatic heterocycles. The first kappa shape index (κ1) is 14.5. The molecule has 3 rings (SSSR count). The lowest BCUT2D eigenvalue weighted by atomic mass is 10.1. The van der Waals surface area contributed by atoms with Crippen molar-refractivity contribution in [3.63, 3.8) is 0 Å². The Morgan fingerprint density at radius 3 is 2.50 bits per heavy atom. The van der Waals surface area contributed by atoms with Crippen LogP contribution in [-0.4, -0.2) is 10.4 Å². The Kier molecular flexibility index (Phi) is 3.80. The Morgan fingerprint density at radius 2 is 1.86 bits per heavy atom. The summed E-state index contributed by atoms with van der Waals surface area (Å²) in [6, 6.07) is 12.6. The van der Waals surface area contributed by atoms with Crippen molar-refractivity contribution >= 4 is 16.7 Å². The topological polar surface area (TPSA) is 22.0 Å². The van der Waals surface area contributed by atoms with Crippen molar-refractivity contribution in [2.75, 3.05) is 0 Å². The quantitative estimate of drug-likeness (QED) is 0.645. The third-order valence-electron chi connectivity index (χ3n) is 4.01. The molecular formula is C19H18FNO. The zero-order chi connectivity index (χ0) is 15.7. The fourth-order valence-corrected chi connectivity index (χ4v) is 2.91. The number of Topliss-reactive ketones (excluding diaryl/α,β-unsaturated/α-hetero) is 1. The van der Waals surface area contributed by atoms with Crippen LogP contribution < -0.4 is 0 Å². The summed E-state index contributed by atoms with van der Waals surface area (Å²) in [6.07, 6.45) is 2.82. The molecule has 0 radical (unpaired) electrons. The van der Waals surface area contributed by atoms with Crippen LogP contribution in [-0.2, 0) is 13.0 Å². The standard InChI is InChI=1S/C19H18FNO/c1-3-15-5-4-6-17-18(13(2)22)12-21(19(15)17)11-14-7-9-16(20)10-8-14/h4-10,12H,3,11H2,1-2H3. The molecule has 3 aromatic rings. The second kappa shape index (κ2) is 5.76. The number of carbonyl (C=O) groups excluding carboxylic acids is 1. The number of aromatic nitrogens is 1. The number of rotatable bonds is 4. The minimum absolute atomic E-state index is 0.0658. The van der Waals surface area contributed by atoms with E-state index in [1.807, 2.05) is 18.3 Å². The van der Waals surface area contributed by atoms with Gasteiger partial charge in [-0.15, -0.1) is 0 Å². The maximum atomic E-state index is 13.1. The van der Waals surface area contributed by atoms with E-state index in [0.29, 0.717) is 6.54 Å². The van der Waals surface area contributed by atoms with Crippen molar-refractivity contribution in [1.29, 1.82) is 0 Å². The maximum Gasteiger partial charge on any atom is 0.161 e. The number of fused-ring (bicyclic) bond motifs is 1. The normalized spacial score (nSPS) is 11.0. The minimum atomic E-state index is -0.236. The average Bonchev–Trinajstić information content (AvgIpc) is 2.88. The first-order chi connectivity index (χ1) is 10.6. The smallest absolute Gasteiger partial charge is 0.161 e. The highest BCUT2D eigenvalue weighted by atomic mass is 19.1. The summed E-state index contributed by atoms with van der Waals surface area (Å²) >= 11 is 0. The van der Waals surface area contributed by atoms with Gasteiger partial charge in [-0.3, -0.25) is 4.79 Å². The van der Waals surface area contributed by atoms with Crippen LogP contribution in [0.15, 0.2) is 48.7 Å². The average molecular weight is 295 g/mol. The van der Waals surface area contributed by atoms with Gasteiger partial charge in [0.1, 0.15) is 5.82 Å². The molecule has 0 saturated carbocycles. The highest BCUT2D eigenvalue weighted by Gasteiger charge is 2.14. The van der Waals surface area contributed by atoms with Crippen LogP contribution in [0.4, 0.5) is 4.39 Å². The number of ketones is 1. The van der Waals surface area contributed by atoms with E-state index in [4.69, 9.17) is 0 Å². The van der Waals surface area contributed by atoms with Gasteiger partial charge in [-0.1, -0.05) is 37.3 Å². The van der Waals surface area contributed by atoms with Gasteiger partial charge in [0.15, 0.2) is 5.78 Å². The van der Waals surface area contributed by atoms with Gasteiger partial charge >= 0.3 is 0 Å². The second-order valence-corrected chi connectivity index (χ2v) is 5.52. The van der Waals surface area contributed by atoms with Gasteiger partial charge < -0.3 is 4.57 Å². The molecule has 0 saturated heterocycles. The third-order valence-corrected chi connectivity index (χ3v) is 4.01. The van der Waals surface area contributed by atoms with Crippen molar-refractivity contribution < 1.29 is 9.18 Å². The molecule has 1 aromatic heterocycles. The summed E-state index contributed by atoms with van der Waals surface area (Å²) in [6.45, 7) is 4.33. The SMILES string of the molecule is CCc1cccc2c(C(C)=O)cn(Cc3ccc(F)cc3)c12. The predicted octanol–water partition coefficient (Wildman–Crippen LogP) is 4.59. The number of aryl methyl sites for hydroxylation is 1. The van der Waals surface area contributed by atoms with Gasteiger partial charge in [0.2, 0.25) is 0 Å². The van der Waals surface area contributed by atoms with E-state index in [2.05, 4.69) is 17.6 Å². The summed E-state index contributed by atoms with van der Waals surface area (Å²) in [5.41, 5.74) is 4.07. The highest BCUT2D eigenvalue weighted by molar-refractivity contribution is 6.07. The molecule has 22 heavy (non-hydrogen) atoms. The Labute approximate surface area is 129 Å². The summed E-state index contributed by atoms with van der Waals surface area (Å²) in [5.74, 6) is -0.170. The molecule has 0 atom stereocenters. The number of para-hydroxylation sites is 1. The van der Waals surface area contributed by atoms with Gasteiger partial charge in [0.25, 0.3) is 0 Å². The van der Waals surface area contributed by atoms with Crippen molar-refractivity contribution in [3.8, 4) is 0 Å². The molecule has 0 N–H and O–H groups in total. The monoisotopic (exact) mass is 295 g/mol. The Balaban J connectivity index is 2.15. The summed E-state index contributed by atoms with van der Waals surface area (Å²) in [7, 11) is 0. The molecule has 3 heteroatoms. The van der Waals surface area contributed by atoms with Crippen molar-refractivity contribution in [1.82, 2.24) is 4.57 Å². The number of nitrogens with zero attached hydrogens (tertiary/aromatic N) is 1. The molecule has 0 aliphatic rings. The predicted molar refractivity (Wildman–Crippen MR) is 86.8 cm³/mol. The van der Waals surface area contributed by atoms with Gasteiger partial charge in [-0.2, -0.15) is 0 Å². The van der Waals surface area contributed by atoms with Crippen LogP contribution in [0.25, 0.3) is 10.9 Å². The van der Waals surface area contributed by atoms with Crippen LogP contribution in [0.1, 0.15) is 35.3 Å². The molecule has 0 amide bonds. The minimum Gasteiger partial charge on any atom is -0.342 e. The number of halogens is 1. The van der Waals surface area contributed by atoms with E-state index in [1.54, 1.807) is 19.1 Å². The maximum absolute atomic E-state index is 13.1. The largest absolute Gasteiger partial charge is 0.342 e. The molecule has 2 aromatic carbocycles. The number of carbonyl (C=O) groups is 1. The lowest BCUT2D eigenvalue weighted by Gasteiger charge is -2.09. The zero-order valence-electron chi connectivity index (χ0n) is 12.8. The van der Waals surface area contributed by atoms with E-state index in [9.17, 15) is 9.18 Å². The van der Waals surface area contributed by atoms with Crippen LogP contribution in [0.3, 0.4) is 0 Å². The van der Waals surface area contributed by atoms with Crippen LogP contribution in [0.2, 0.25) is 0 Å². The van der Waals surface area contributed by atoms with Gasteiger partial charge in [-0.05, 0) is 36.6 Å². The van der Waals surface area contributed by atoms with E-state index in [-0.39, 0.29) is 11.6 Å². The zero-order valence-corrected chi connectivity index (χ0v) is 12.8. The molecule has 1 heterocycles. The fourth-order valence-electron chi connectivity index (χ4n) is 2.91. The van der Waals surface area contributed by atoms with Gasteiger partial charge in [0, 0.05) is 23.7 Å². The van der Waals surface area contributed by atoms with Crippen LogP contribution in [0, 0.1) is 5.82 Å². The first-order valence-corrected chi connectivity index (χ1v) is 7.46. The Bertz CT molecular complexity index is 831. The number of hydrogen-bond donors (Lipinski definition) is 0. The lowest BCUT2D eigenvalue weighted by molar-refractivity contribution is 0.101. The van der Waals surface area contributed by atoms with Crippen LogP contribution >= 0.6 is 0 Å². The third kappa shape index (κ3) is 2.54. The molecule has 0 spiro atoms. The Hall–Kier alpha value is -2.42. The molecule has 112 valence electrons. The molecule has 2 nitrogen and oxygen atoms in total. The molecule has 0 fully saturated rings. The van der Waals surface area contributed by atoms with Crippen molar-refractivity contribution in [2.24, 2.45) is 0 Å². The van der Waals surface area contributed by atoms with Gasteiger partial charge in [0.05, 0.1) is 5.52 Å². The fraction of sp³-hybridized carbons (Fsp3) is 0.211. The summed E-state index contributed by atoms with van der Waals surface area (Å²) < 4.78 is 15.2. The highest BCUT2D eigenvalue weighted by Crippen LogP contribution is 2.26. The van der Waals surface area contributed by atoms with E-state index in [1.165, 1.54) is 17.7 Å². The molecule has 0 aliphatic carbocycles. The van der Waals surface area contributed by atoms with Crippen molar-refractivity contribution in [3.05, 3.63) is 71.2 Å². The summed E-state index contributed by atoms with van der Waals surface area (Å²) in [5, 5.41) is 0.994. The summed E-state index contributed by atoms with van der Waals surface area (Å²) in [4.78, 5) is 11.9. The van der Waals surface area contributed by atoms with E-state index in [0.717, 1.165) is 28.5 Å². The molecule has 0 unspecified atom stereocenters. The second-order valence-electron chi connectivity index (χ2n) is 5.52. The molecule has 0 bridgehead atoms. The van der Waals surface area contributed by atoms with E-state index < -0.39 is 0 Å². The van der Waals surface area contributed by atoms with Gasteiger partial charge in [-0.25, -0.2) is 4.39 Å². The lowest BCUT2D eigenvalue weighted by Crippen LogP contribution is -2.00. The number of benzene rings is 2.